The Morgan fingerprint density at radius 3 is 1.93 bits per heavy atom. The molecule has 2 amide bonds. The standard InChI is InChI=1S/C22H35NO7/c1-9-11-12-16(24)13-15-14-22(15,17(25)28-10-2)23(18(26)29-20(3,4)5)19(27)30-21(6,7)8/h9,15H,1,10-14H2,2-8H3/t15-,22-/m1/s1. The van der Waals surface area contributed by atoms with Gasteiger partial charge in [0, 0.05) is 18.8 Å². The Labute approximate surface area is 178 Å². The first-order valence-corrected chi connectivity index (χ1v) is 10.2. The number of Topliss-reactive ketones (excluding diaryl/α,β-unsaturated/α-hetero) is 1. The maximum Gasteiger partial charge on any atom is 0.420 e. The van der Waals surface area contributed by atoms with Gasteiger partial charge in [0.1, 0.15) is 17.0 Å². The Kier molecular flexibility index (Phi) is 8.23. The summed E-state index contributed by atoms with van der Waals surface area (Å²) in [4.78, 5) is 51.9. The Morgan fingerprint density at radius 1 is 1.03 bits per heavy atom. The molecule has 0 spiro atoms. The fourth-order valence-corrected chi connectivity index (χ4v) is 3.08. The molecule has 0 aromatic heterocycles. The summed E-state index contributed by atoms with van der Waals surface area (Å²) in [5.74, 6) is -1.39. The molecule has 0 unspecified atom stereocenters. The van der Waals surface area contributed by atoms with E-state index >= 15 is 0 Å². The number of hydrogen-bond acceptors (Lipinski definition) is 7. The summed E-state index contributed by atoms with van der Waals surface area (Å²) in [6, 6.07) is 0. The van der Waals surface area contributed by atoms with E-state index in [1.165, 1.54) is 0 Å². The number of amides is 2. The fourth-order valence-electron chi connectivity index (χ4n) is 3.08. The molecule has 0 aromatic rings. The molecule has 170 valence electrons. The molecular weight excluding hydrogens is 390 g/mol. The van der Waals surface area contributed by atoms with Crippen LogP contribution >= 0.6 is 0 Å². The maximum absolute atomic E-state index is 13.0. The van der Waals surface area contributed by atoms with Crippen molar-refractivity contribution in [3.8, 4) is 0 Å². The molecule has 30 heavy (non-hydrogen) atoms. The first-order valence-electron chi connectivity index (χ1n) is 10.2. The number of nitrogens with zero attached hydrogens (tertiary/aromatic N) is 1. The summed E-state index contributed by atoms with van der Waals surface area (Å²) in [6.07, 6.45) is 0.560. The number of ether oxygens (including phenoxy) is 3. The van der Waals surface area contributed by atoms with Gasteiger partial charge in [0.15, 0.2) is 5.54 Å². The second-order valence-electron chi connectivity index (χ2n) is 9.41. The maximum atomic E-state index is 13.0. The van der Waals surface area contributed by atoms with Crippen LogP contribution in [0.2, 0.25) is 0 Å². The highest BCUT2D eigenvalue weighted by molar-refractivity contribution is 5.99. The highest BCUT2D eigenvalue weighted by atomic mass is 16.6. The lowest BCUT2D eigenvalue weighted by Gasteiger charge is -2.33. The number of ketones is 1. The van der Waals surface area contributed by atoms with E-state index in [1.54, 1.807) is 54.5 Å². The highest BCUT2D eigenvalue weighted by Crippen LogP contribution is 2.53. The summed E-state index contributed by atoms with van der Waals surface area (Å²) in [6.45, 7) is 15.2. The van der Waals surface area contributed by atoms with Gasteiger partial charge in [-0.1, -0.05) is 6.08 Å². The van der Waals surface area contributed by atoms with Gasteiger partial charge in [0.2, 0.25) is 0 Å². The van der Waals surface area contributed by atoms with Crippen molar-refractivity contribution in [2.75, 3.05) is 6.61 Å². The minimum absolute atomic E-state index is 0.0365. The zero-order valence-corrected chi connectivity index (χ0v) is 19.2. The van der Waals surface area contributed by atoms with E-state index in [9.17, 15) is 19.2 Å². The lowest BCUT2D eigenvalue weighted by molar-refractivity contribution is -0.151. The first-order chi connectivity index (χ1) is 13.7. The van der Waals surface area contributed by atoms with Crippen molar-refractivity contribution < 1.29 is 33.4 Å². The Balaban J connectivity index is 3.31. The number of allylic oxidation sites excluding steroid dienone is 1. The van der Waals surface area contributed by atoms with Crippen LogP contribution in [-0.2, 0) is 23.8 Å². The summed E-state index contributed by atoms with van der Waals surface area (Å²) in [7, 11) is 0. The van der Waals surface area contributed by atoms with Crippen LogP contribution in [0, 0.1) is 5.92 Å². The molecule has 1 aliphatic carbocycles. The van der Waals surface area contributed by atoms with Crippen molar-refractivity contribution in [2.45, 2.75) is 90.9 Å². The van der Waals surface area contributed by atoms with E-state index < -0.39 is 40.8 Å². The van der Waals surface area contributed by atoms with E-state index in [0.29, 0.717) is 11.3 Å². The third-order valence-corrected chi connectivity index (χ3v) is 4.35. The van der Waals surface area contributed by atoms with Crippen molar-refractivity contribution in [3.63, 3.8) is 0 Å². The number of hydrogen-bond donors (Lipinski definition) is 0. The zero-order valence-electron chi connectivity index (χ0n) is 19.2. The topological polar surface area (TPSA) is 99.2 Å². The van der Waals surface area contributed by atoms with Crippen molar-refractivity contribution in [1.82, 2.24) is 4.90 Å². The molecule has 1 aliphatic rings. The first kappa shape index (κ1) is 25.7. The van der Waals surface area contributed by atoms with Crippen molar-refractivity contribution in [1.29, 1.82) is 0 Å². The van der Waals surface area contributed by atoms with Gasteiger partial charge >= 0.3 is 18.2 Å². The van der Waals surface area contributed by atoms with E-state index in [1.807, 2.05) is 0 Å². The Morgan fingerprint density at radius 2 is 1.53 bits per heavy atom. The minimum atomic E-state index is -1.62. The van der Waals surface area contributed by atoms with Crippen LogP contribution in [-0.4, -0.2) is 52.2 Å². The summed E-state index contributed by atoms with van der Waals surface area (Å²) in [5.41, 5.74) is -3.43. The largest absolute Gasteiger partial charge is 0.464 e. The molecule has 8 heteroatoms. The van der Waals surface area contributed by atoms with Crippen molar-refractivity contribution in [3.05, 3.63) is 12.7 Å². The van der Waals surface area contributed by atoms with E-state index in [-0.39, 0.29) is 31.7 Å². The van der Waals surface area contributed by atoms with Gasteiger partial charge in [-0.05, 0) is 61.3 Å². The average molecular weight is 426 g/mol. The molecule has 0 aliphatic heterocycles. The predicted octanol–water partition coefficient (Wildman–Crippen LogP) is 4.41. The molecule has 0 bridgehead atoms. The zero-order chi connectivity index (χ0) is 23.3. The van der Waals surface area contributed by atoms with Crippen LogP contribution < -0.4 is 0 Å². The molecule has 0 N–H and O–H groups in total. The van der Waals surface area contributed by atoms with Gasteiger partial charge in [0.05, 0.1) is 6.61 Å². The lowest BCUT2D eigenvalue weighted by atomic mass is 10.0. The van der Waals surface area contributed by atoms with Gasteiger partial charge in [0.25, 0.3) is 0 Å². The SMILES string of the molecule is C=CCCC(=O)C[C@@H]1C[C@@]1(C(=O)OCC)N(C(=O)OC(C)(C)C)C(=O)OC(C)(C)C. The van der Waals surface area contributed by atoms with E-state index in [4.69, 9.17) is 14.2 Å². The fraction of sp³-hybridized carbons (Fsp3) is 0.727. The van der Waals surface area contributed by atoms with Gasteiger partial charge in [-0.3, -0.25) is 4.79 Å². The molecule has 1 saturated carbocycles. The second kappa shape index (κ2) is 9.62. The number of esters is 1. The molecule has 0 saturated heterocycles. The van der Waals surface area contributed by atoms with Crippen molar-refractivity contribution in [2.24, 2.45) is 5.92 Å². The molecule has 2 atom stereocenters. The molecule has 0 radical (unpaired) electrons. The third kappa shape index (κ3) is 6.85. The molecule has 0 aromatic carbocycles. The van der Waals surface area contributed by atoms with Gasteiger partial charge in [-0.2, -0.15) is 4.90 Å². The monoisotopic (exact) mass is 425 g/mol. The molecule has 8 nitrogen and oxygen atoms in total. The van der Waals surface area contributed by atoms with E-state index in [0.717, 1.165) is 0 Å². The lowest BCUT2D eigenvalue weighted by Crippen LogP contribution is -2.55. The molecule has 0 heterocycles. The average Bonchev–Trinajstić information content (AvgIpc) is 3.24. The van der Waals surface area contributed by atoms with Crippen LogP contribution in [0.15, 0.2) is 12.7 Å². The summed E-state index contributed by atoms with van der Waals surface area (Å²) >= 11 is 0. The van der Waals surface area contributed by atoms with Crippen LogP contribution in [0.3, 0.4) is 0 Å². The van der Waals surface area contributed by atoms with Crippen LogP contribution in [0.1, 0.15) is 74.1 Å². The van der Waals surface area contributed by atoms with Gasteiger partial charge in [-0.15, -0.1) is 6.58 Å². The molecule has 1 rings (SSSR count). The predicted molar refractivity (Wildman–Crippen MR) is 111 cm³/mol. The third-order valence-electron chi connectivity index (χ3n) is 4.35. The van der Waals surface area contributed by atoms with Gasteiger partial charge < -0.3 is 14.2 Å². The van der Waals surface area contributed by atoms with Crippen molar-refractivity contribution >= 4 is 23.9 Å². The van der Waals surface area contributed by atoms with Crippen LogP contribution in [0.5, 0.6) is 0 Å². The van der Waals surface area contributed by atoms with E-state index in [2.05, 4.69) is 6.58 Å². The summed E-state index contributed by atoms with van der Waals surface area (Å²) < 4.78 is 16.0. The molecular formula is C22H35NO7. The minimum Gasteiger partial charge on any atom is -0.464 e. The number of imide groups is 1. The van der Waals surface area contributed by atoms with Gasteiger partial charge in [-0.25, -0.2) is 14.4 Å². The summed E-state index contributed by atoms with van der Waals surface area (Å²) in [5, 5.41) is 0. The highest BCUT2D eigenvalue weighted by Gasteiger charge is 2.70. The Bertz CT molecular complexity index is 659. The molecule has 1 fully saturated rings. The van der Waals surface area contributed by atoms with Crippen LogP contribution in [0.25, 0.3) is 0 Å². The quantitative estimate of drug-likeness (QED) is 0.323. The number of rotatable bonds is 8. The normalized spacial score (nSPS) is 20.7. The Hall–Kier alpha value is -2.38. The van der Waals surface area contributed by atoms with Crippen LogP contribution in [0.4, 0.5) is 9.59 Å². The number of carbonyl (C=O) groups is 4. The smallest absolute Gasteiger partial charge is 0.420 e. The number of carbonyl (C=O) groups excluding carboxylic acids is 4. The second-order valence-corrected chi connectivity index (χ2v) is 9.41.